The van der Waals surface area contributed by atoms with Gasteiger partial charge in [0.15, 0.2) is 28.1 Å². The van der Waals surface area contributed by atoms with Crippen molar-refractivity contribution >= 4 is 39.3 Å². The number of aromatic nitrogens is 12. The van der Waals surface area contributed by atoms with E-state index in [2.05, 4.69) is 50.6 Å². The highest BCUT2D eigenvalue weighted by molar-refractivity contribution is 7.90. The summed E-state index contributed by atoms with van der Waals surface area (Å²) in [5, 5.41) is 118. The van der Waals surface area contributed by atoms with Crippen molar-refractivity contribution in [3.05, 3.63) is 169 Å². The van der Waals surface area contributed by atoms with E-state index >= 15 is 0 Å². The van der Waals surface area contributed by atoms with E-state index in [1.807, 2.05) is 77.9 Å². The van der Waals surface area contributed by atoms with E-state index in [9.17, 15) is 64.0 Å². The van der Waals surface area contributed by atoms with E-state index in [1.165, 1.54) is 62.2 Å². The number of aromatic amines is 3. The van der Waals surface area contributed by atoms with Crippen LogP contribution in [0.4, 0.5) is 5.69 Å². The number of halogens is 1. The lowest BCUT2D eigenvalue weighted by atomic mass is 9.98. The zero-order chi connectivity index (χ0) is 75.7. The van der Waals surface area contributed by atoms with Gasteiger partial charge in [0.05, 0.1) is 77.9 Å². The van der Waals surface area contributed by atoms with Crippen LogP contribution < -0.4 is 21.0 Å². The standard InChI is InChI=1S/C21H24N4O4.C18H26N4O4.C18H19N3O5S.C15H12ClN3O3S/c1-13(2)16-11-17(19(27)12-18(16)26)20-22-23-21(28)25(20)15-5-3-14(4-6-15)24-7-9-29-10-8-24;1-12(2)13-10-14(16(24)11-15(13)23)17-19-20-18(25)22(17)5-3-4-21-6-8-26-9-7-21;1-10(2)13-8-14(16(24)9-15(13)23)17-19-20-18(27(3,25)26)21(17)11-4-6-12(22)7-5-11;1-22-9-4-2-8(3-5-9)19-14(17-18-15(19)23)10-6-11(16)13(21)7-12(10)20/h3-6,11-13,26-27H,7-10H2,1-2H3,(H,23,28);10-12,23-24H,3-9H2,1-2H3,(H,20,25);4-10,22-24H,1-3H3;2-7,20-21H,1H3,(H,18,23). The average Bonchev–Trinajstić information content (AvgIpc) is 1.64. The molecule has 2 saturated heterocycles. The summed E-state index contributed by atoms with van der Waals surface area (Å²) < 4.78 is 46.5. The number of nitrogens with zero attached hydrogens (tertiary/aromatic N) is 11. The number of hydrogen-bond donors (Lipinski definition) is 12. The molecule has 7 aromatic carbocycles. The van der Waals surface area contributed by atoms with E-state index in [0.717, 1.165) is 76.1 Å². The second kappa shape index (κ2) is 33.1. The smallest absolute Gasteiger partial charge is 0.348 e. The molecule has 33 heteroatoms. The first kappa shape index (κ1) is 76.5. The van der Waals surface area contributed by atoms with Gasteiger partial charge < -0.3 is 65.1 Å². The molecular formula is C72H81ClN14O16S2. The van der Waals surface area contributed by atoms with Crippen molar-refractivity contribution in [3.8, 4) is 120 Å². The molecule has 0 atom stereocenters. The largest absolute Gasteiger partial charge is 0.508 e. The van der Waals surface area contributed by atoms with Gasteiger partial charge >= 0.3 is 11.4 Å². The maximum atomic E-state index is 12.5. The lowest BCUT2D eigenvalue weighted by molar-refractivity contribution is 0.0369. The molecule has 2 fully saturated rings. The summed E-state index contributed by atoms with van der Waals surface area (Å²) in [6.07, 6.45) is 1.80. The third-order valence-corrected chi connectivity index (χ3v) is 18.8. The summed E-state index contributed by atoms with van der Waals surface area (Å²) >= 11 is 11.2. The van der Waals surface area contributed by atoms with Crippen molar-refractivity contribution in [2.45, 2.75) is 77.4 Å². The van der Waals surface area contributed by atoms with Crippen LogP contribution >= 0.6 is 23.8 Å². The molecule has 30 nitrogen and oxygen atoms in total. The Morgan fingerprint density at radius 1 is 0.495 bits per heavy atom. The van der Waals surface area contributed by atoms with Crippen molar-refractivity contribution in [1.29, 1.82) is 0 Å². The molecule has 0 amide bonds. The van der Waals surface area contributed by atoms with E-state index in [-0.39, 0.29) is 103 Å². The lowest BCUT2D eigenvalue weighted by Crippen LogP contribution is -2.37. The van der Waals surface area contributed by atoms with Crippen LogP contribution in [0.2, 0.25) is 5.02 Å². The maximum absolute atomic E-state index is 12.5. The number of benzene rings is 7. The minimum Gasteiger partial charge on any atom is -0.508 e. The Morgan fingerprint density at radius 2 is 0.914 bits per heavy atom. The molecule has 2 aliphatic rings. The molecule has 554 valence electrons. The van der Waals surface area contributed by atoms with Crippen LogP contribution in [0.15, 0.2) is 136 Å². The first-order valence-electron chi connectivity index (χ1n) is 33.3. The van der Waals surface area contributed by atoms with Gasteiger partial charge in [0.1, 0.15) is 57.5 Å². The summed E-state index contributed by atoms with van der Waals surface area (Å²) in [5.41, 5.74) is 5.45. The molecule has 0 aliphatic carbocycles. The van der Waals surface area contributed by atoms with Crippen LogP contribution in [0.3, 0.4) is 0 Å². The molecular weight excluding hydrogens is 1420 g/mol. The average molecular weight is 1500 g/mol. The quantitative estimate of drug-likeness (QED) is 0.0377. The van der Waals surface area contributed by atoms with Gasteiger partial charge in [-0.3, -0.25) is 23.7 Å². The Hall–Kier alpha value is -11.2. The second-order valence-corrected chi connectivity index (χ2v) is 28.2. The number of phenols is 9. The highest BCUT2D eigenvalue weighted by atomic mass is 35.5. The minimum atomic E-state index is -3.73. The molecule has 0 saturated carbocycles. The molecule has 13 rings (SSSR count). The minimum absolute atomic E-state index is 0.0144. The summed E-state index contributed by atoms with van der Waals surface area (Å²) in [5.74, 6) is 1.08. The van der Waals surface area contributed by atoms with Crippen molar-refractivity contribution in [1.82, 2.24) is 64.0 Å². The number of rotatable bonds is 17. The number of methoxy groups -OCH3 is 1. The number of hydrogen-bond acceptors (Lipinski definition) is 24. The molecule has 6 heterocycles. The third kappa shape index (κ3) is 17.6. The van der Waals surface area contributed by atoms with E-state index in [1.54, 1.807) is 42.0 Å². The van der Waals surface area contributed by atoms with Gasteiger partial charge in [-0.05, 0) is 150 Å². The SMILES string of the molecule is CC(C)c1cc(-c2n[nH]c(=O)n2-c2ccc(N3CCOCC3)cc2)c(O)cc1O.CC(C)c1cc(-c2n[nH]c(=O)n2CCCN2CCOCC2)c(O)cc1O.CC(C)c1cc(-c2nnc(S(C)(=O)=O)n2-c2ccc(O)cc2)c(O)cc1O.COc1ccc(-n2c(-c3cc(Cl)c(O)cc3O)n[nH]c2=S)cc1. The number of phenolic OH excluding ortho intramolecular Hbond substituents is 9. The number of anilines is 1. The van der Waals surface area contributed by atoms with E-state index in [4.69, 9.17) is 38.0 Å². The monoisotopic (exact) mass is 1500 g/mol. The fraction of sp³-hybridized carbons (Fsp3) is 0.306. The van der Waals surface area contributed by atoms with Crippen molar-refractivity contribution < 1.29 is 68.6 Å². The lowest BCUT2D eigenvalue weighted by Gasteiger charge is -2.28. The van der Waals surface area contributed by atoms with Crippen molar-refractivity contribution in [2.75, 3.05) is 77.4 Å². The first-order valence-corrected chi connectivity index (χ1v) is 35.9. The Kier molecular flexibility index (Phi) is 24.1. The number of nitrogens with one attached hydrogen (secondary N) is 3. The molecule has 0 radical (unpaired) electrons. The molecule has 2 aliphatic heterocycles. The number of morpholine rings is 2. The summed E-state index contributed by atoms with van der Waals surface area (Å²) in [4.78, 5) is 29.2. The fourth-order valence-corrected chi connectivity index (χ4v) is 12.9. The zero-order valence-electron chi connectivity index (χ0n) is 58.6. The second-order valence-electron chi connectivity index (χ2n) is 25.5. The Balaban J connectivity index is 0.000000150. The van der Waals surface area contributed by atoms with Crippen LogP contribution in [0, 0.1) is 4.77 Å². The van der Waals surface area contributed by atoms with Crippen molar-refractivity contribution in [3.63, 3.8) is 0 Å². The Bertz CT molecular complexity index is 5170. The summed E-state index contributed by atoms with van der Waals surface area (Å²) in [7, 11) is -2.15. The van der Waals surface area contributed by atoms with Gasteiger partial charge in [-0.15, -0.1) is 10.2 Å². The molecule has 0 unspecified atom stereocenters. The van der Waals surface area contributed by atoms with Crippen LogP contribution in [-0.4, -0.2) is 191 Å². The van der Waals surface area contributed by atoms with Gasteiger partial charge in [0.2, 0.25) is 9.84 Å². The van der Waals surface area contributed by atoms with Gasteiger partial charge in [0.25, 0.3) is 5.16 Å². The summed E-state index contributed by atoms with van der Waals surface area (Å²) in [6.45, 7) is 19.3. The van der Waals surface area contributed by atoms with Crippen LogP contribution in [0.5, 0.6) is 57.5 Å². The predicted molar refractivity (Wildman–Crippen MR) is 396 cm³/mol. The van der Waals surface area contributed by atoms with Crippen LogP contribution in [-0.2, 0) is 25.9 Å². The van der Waals surface area contributed by atoms with Crippen LogP contribution in [0.25, 0.3) is 62.6 Å². The molecule has 4 aromatic heterocycles. The van der Waals surface area contributed by atoms with Gasteiger partial charge in [0, 0.05) is 75.5 Å². The maximum Gasteiger partial charge on any atom is 0.348 e. The zero-order valence-corrected chi connectivity index (χ0v) is 60.9. The highest BCUT2D eigenvalue weighted by Gasteiger charge is 2.28. The van der Waals surface area contributed by atoms with Gasteiger partial charge in [-0.1, -0.05) is 53.1 Å². The molecule has 0 spiro atoms. The molecule has 12 N–H and O–H groups in total. The van der Waals surface area contributed by atoms with Gasteiger partial charge in [-0.25, -0.2) is 32.8 Å². The predicted octanol–water partition coefficient (Wildman–Crippen LogP) is 10.3. The number of sulfone groups is 1. The third-order valence-electron chi connectivity index (χ3n) is 17.3. The van der Waals surface area contributed by atoms with E-state index < -0.39 is 15.5 Å². The first-order chi connectivity index (χ1) is 50.0. The molecule has 105 heavy (non-hydrogen) atoms. The highest BCUT2D eigenvalue weighted by Crippen LogP contribution is 2.42. The molecule has 11 aromatic rings. The number of H-pyrrole nitrogens is 3. The van der Waals surface area contributed by atoms with Gasteiger partial charge in [-0.2, -0.15) is 15.3 Å². The Morgan fingerprint density at radius 3 is 1.44 bits per heavy atom. The van der Waals surface area contributed by atoms with Crippen LogP contribution in [0.1, 0.15) is 82.4 Å². The Labute approximate surface area is 612 Å². The summed E-state index contributed by atoms with van der Waals surface area (Å²) in [6, 6.07) is 32.0. The number of aromatic hydroxyl groups is 9. The van der Waals surface area contributed by atoms with Crippen molar-refractivity contribution in [2.24, 2.45) is 0 Å². The van der Waals surface area contributed by atoms with E-state index in [0.29, 0.717) is 86.7 Å². The molecule has 0 bridgehead atoms. The topological polar surface area (TPSA) is 416 Å². The normalized spacial score (nSPS) is 13.3. The number of ether oxygens (including phenoxy) is 3. The fourth-order valence-electron chi connectivity index (χ4n) is 11.8.